The SMILES string of the molecule is N#Cc1ccc(OCCCSc2ccc(Cl)cn2)cc1. The summed E-state index contributed by atoms with van der Waals surface area (Å²) in [6.07, 6.45) is 2.58. The van der Waals surface area contributed by atoms with Gasteiger partial charge in [0.1, 0.15) is 5.75 Å². The van der Waals surface area contributed by atoms with E-state index in [0.29, 0.717) is 17.2 Å². The largest absolute Gasteiger partial charge is 0.494 e. The Labute approximate surface area is 127 Å². The molecule has 0 saturated heterocycles. The van der Waals surface area contributed by atoms with Gasteiger partial charge in [-0.05, 0) is 42.8 Å². The third-order valence-electron chi connectivity index (χ3n) is 2.49. The van der Waals surface area contributed by atoms with E-state index in [-0.39, 0.29) is 0 Å². The molecule has 0 radical (unpaired) electrons. The molecule has 0 aliphatic carbocycles. The molecule has 1 aromatic heterocycles. The predicted molar refractivity (Wildman–Crippen MR) is 81.2 cm³/mol. The second-order valence-corrected chi connectivity index (χ2v) is 5.55. The van der Waals surface area contributed by atoms with Gasteiger partial charge in [-0.2, -0.15) is 5.26 Å². The summed E-state index contributed by atoms with van der Waals surface area (Å²) in [5.41, 5.74) is 0.640. The Bertz CT molecular complexity index is 578. The number of pyridine rings is 1. The van der Waals surface area contributed by atoms with Gasteiger partial charge < -0.3 is 4.74 Å². The highest BCUT2D eigenvalue weighted by Crippen LogP contribution is 2.18. The predicted octanol–water partition coefficient (Wildman–Crippen LogP) is 4.17. The van der Waals surface area contributed by atoms with Crippen molar-refractivity contribution in [2.24, 2.45) is 0 Å². The van der Waals surface area contributed by atoms with Crippen LogP contribution < -0.4 is 4.74 Å². The van der Waals surface area contributed by atoms with E-state index in [1.807, 2.05) is 24.3 Å². The number of aromatic nitrogens is 1. The number of nitrogens with zero attached hydrogens (tertiary/aromatic N) is 2. The van der Waals surface area contributed by atoms with Crippen molar-refractivity contribution in [2.75, 3.05) is 12.4 Å². The lowest BCUT2D eigenvalue weighted by atomic mass is 10.2. The van der Waals surface area contributed by atoms with Gasteiger partial charge in [0.15, 0.2) is 0 Å². The number of rotatable bonds is 6. The van der Waals surface area contributed by atoms with Crippen LogP contribution in [-0.2, 0) is 0 Å². The van der Waals surface area contributed by atoms with Crippen LogP contribution in [-0.4, -0.2) is 17.3 Å². The summed E-state index contributed by atoms with van der Waals surface area (Å²) in [5.74, 6) is 1.73. The number of ether oxygens (including phenoxy) is 1. The third kappa shape index (κ3) is 4.76. The number of hydrogen-bond donors (Lipinski definition) is 0. The highest BCUT2D eigenvalue weighted by molar-refractivity contribution is 7.99. The first-order valence-corrected chi connectivity index (χ1v) is 7.51. The van der Waals surface area contributed by atoms with Gasteiger partial charge in [-0.1, -0.05) is 11.6 Å². The molecule has 1 aromatic carbocycles. The van der Waals surface area contributed by atoms with E-state index in [1.54, 1.807) is 30.1 Å². The fourth-order valence-electron chi connectivity index (χ4n) is 1.50. The van der Waals surface area contributed by atoms with Crippen LogP contribution in [0.2, 0.25) is 5.02 Å². The molecule has 2 rings (SSSR count). The molecule has 0 saturated carbocycles. The normalized spacial score (nSPS) is 10.0. The van der Waals surface area contributed by atoms with Crippen molar-refractivity contribution >= 4 is 23.4 Å². The molecule has 0 atom stereocenters. The lowest BCUT2D eigenvalue weighted by Crippen LogP contribution is -1.98. The summed E-state index contributed by atoms with van der Waals surface area (Å²) in [5, 5.41) is 10.3. The van der Waals surface area contributed by atoms with E-state index < -0.39 is 0 Å². The lowest BCUT2D eigenvalue weighted by molar-refractivity contribution is 0.318. The molecule has 102 valence electrons. The molecular formula is C15H13ClN2OS. The molecule has 2 aromatic rings. The minimum atomic E-state index is 0.640. The third-order valence-corrected chi connectivity index (χ3v) is 3.74. The average molecular weight is 305 g/mol. The highest BCUT2D eigenvalue weighted by atomic mass is 35.5. The standard InChI is InChI=1S/C15H13ClN2OS/c16-13-4-7-15(18-11-13)20-9-1-8-19-14-5-2-12(10-17)3-6-14/h2-7,11H,1,8-9H2. The molecule has 0 spiro atoms. The number of benzene rings is 1. The van der Waals surface area contributed by atoms with Gasteiger partial charge in [0.2, 0.25) is 0 Å². The Morgan fingerprint density at radius 3 is 2.65 bits per heavy atom. The lowest BCUT2D eigenvalue weighted by Gasteiger charge is -2.05. The number of halogens is 1. The maximum absolute atomic E-state index is 8.69. The number of thioether (sulfide) groups is 1. The van der Waals surface area contributed by atoms with Gasteiger partial charge in [0.05, 0.1) is 28.3 Å². The molecule has 20 heavy (non-hydrogen) atoms. The van der Waals surface area contributed by atoms with Crippen LogP contribution in [0.15, 0.2) is 47.6 Å². The van der Waals surface area contributed by atoms with Crippen LogP contribution in [0.5, 0.6) is 5.75 Å². The summed E-state index contributed by atoms with van der Waals surface area (Å²) in [6, 6.07) is 13.0. The molecule has 3 nitrogen and oxygen atoms in total. The van der Waals surface area contributed by atoms with E-state index in [1.165, 1.54) is 0 Å². The van der Waals surface area contributed by atoms with E-state index in [0.717, 1.165) is 22.9 Å². The zero-order chi connectivity index (χ0) is 14.2. The van der Waals surface area contributed by atoms with Gasteiger partial charge in [-0.3, -0.25) is 0 Å². The van der Waals surface area contributed by atoms with E-state index in [2.05, 4.69) is 11.1 Å². The minimum absolute atomic E-state index is 0.640. The molecule has 0 unspecified atom stereocenters. The van der Waals surface area contributed by atoms with Crippen molar-refractivity contribution in [1.82, 2.24) is 4.98 Å². The molecule has 5 heteroatoms. The molecule has 0 fully saturated rings. The molecular weight excluding hydrogens is 292 g/mol. The van der Waals surface area contributed by atoms with Crippen LogP contribution in [0, 0.1) is 11.3 Å². The van der Waals surface area contributed by atoms with Crippen molar-refractivity contribution in [3.05, 3.63) is 53.2 Å². The van der Waals surface area contributed by atoms with E-state index in [9.17, 15) is 0 Å². The fraction of sp³-hybridized carbons (Fsp3) is 0.200. The zero-order valence-electron chi connectivity index (χ0n) is 10.8. The van der Waals surface area contributed by atoms with Gasteiger partial charge in [-0.25, -0.2) is 4.98 Å². The summed E-state index contributed by atoms with van der Waals surface area (Å²) < 4.78 is 5.60. The van der Waals surface area contributed by atoms with Gasteiger partial charge in [0.25, 0.3) is 0 Å². The average Bonchev–Trinajstić information content (AvgIpc) is 2.49. The second kappa shape index (κ2) is 7.78. The summed E-state index contributed by atoms with van der Waals surface area (Å²) in [6.45, 7) is 0.645. The van der Waals surface area contributed by atoms with Crippen molar-refractivity contribution in [1.29, 1.82) is 5.26 Å². The Balaban J connectivity index is 1.66. The van der Waals surface area contributed by atoms with Crippen LogP contribution in [0.4, 0.5) is 0 Å². The minimum Gasteiger partial charge on any atom is -0.494 e. The first kappa shape index (κ1) is 14.7. The van der Waals surface area contributed by atoms with Gasteiger partial charge >= 0.3 is 0 Å². The second-order valence-electron chi connectivity index (χ2n) is 4.00. The van der Waals surface area contributed by atoms with Gasteiger partial charge in [-0.15, -0.1) is 11.8 Å². The maximum atomic E-state index is 8.69. The molecule has 0 amide bonds. The van der Waals surface area contributed by atoms with E-state index >= 15 is 0 Å². The molecule has 0 bridgehead atoms. The van der Waals surface area contributed by atoms with Crippen LogP contribution >= 0.6 is 23.4 Å². The first-order valence-electron chi connectivity index (χ1n) is 6.15. The van der Waals surface area contributed by atoms with Crippen LogP contribution in [0.3, 0.4) is 0 Å². The monoisotopic (exact) mass is 304 g/mol. The fourth-order valence-corrected chi connectivity index (χ4v) is 2.37. The highest BCUT2D eigenvalue weighted by Gasteiger charge is 1.98. The molecule has 0 aliphatic rings. The Morgan fingerprint density at radius 2 is 2.00 bits per heavy atom. The van der Waals surface area contributed by atoms with Crippen molar-refractivity contribution in [3.63, 3.8) is 0 Å². The molecule has 0 N–H and O–H groups in total. The Hall–Kier alpha value is -1.70. The topological polar surface area (TPSA) is 45.9 Å². The molecule has 0 aliphatic heterocycles. The maximum Gasteiger partial charge on any atom is 0.119 e. The first-order chi connectivity index (χ1) is 9.78. The summed E-state index contributed by atoms with van der Waals surface area (Å²) in [7, 11) is 0. The van der Waals surface area contributed by atoms with Crippen LogP contribution in [0.1, 0.15) is 12.0 Å². The van der Waals surface area contributed by atoms with Crippen molar-refractivity contribution in [3.8, 4) is 11.8 Å². The van der Waals surface area contributed by atoms with Gasteiger partial charge in [0, 0.05) is 11.9 Å². The zero-order valence-corrected chi connectivity index (χ0v) is 12.3. The van der Waals surface area contributed by atoms with E-state index in [4.69, 9.17) is 21.6 Å². The summed E-state index contributed by atoms with van der Waals surface area (Å²) in [4.78, 5) is 4.21. The smallest absolute Gasteiger partial charge is 0.119 e. The van der Waals surface area contributed by atoms with Crippen LogP contribution in [0.25, 0.3) is 0 Å². The number of hydrogen-bond acceptors (Lipinski definition) is 4. The molecule has 1 heterocycles. The quantitative estimate of drug-likeness (QED) is 0.593. The summed E-state index contributed by atoms with van der Waals surface area (Å²) >= 11 is 7.45. The van der Waals surface area contributed by atoms with Crippen molar-refractivity contribution in [2.45, 2.75) is 11.4 Å². The Morgan fingerprint density at radius 1 is 1.20 bits per heavy atom. The number of nitriles is 1. The van der Waals surface area contributed by atoms with Crippen molar-refractivity contribution < 1.29 is 4.74 Å². The Kier molecular flexibility index (Phi) is 5.72.